The zero-order chi connectivity index (χ0) is 18.8. The molecular formula is C20H19F2NO4. The van der Waals surface area contributed by atoms with Crippen molar-refractivity contribution >= 4 is 5.91 Å². The van der Waals surface area contributed by atoms with Gasteiger partial charge in [-0.05, 0) is 54.7 Å². The highest BCUT2D eigenvalue weighted by Crippen LogP contribution is 2.34. The molecule has 142 valence electrons. The molecule has 1 N–H and O–H groups in total. The number of carbonyl (C=O) groups is 1. The fourth-order valence-corrected chi connectivity index (χ4v) is 3.53. The topological polar surface area (TPSA) is 56.8 Å². The molecule has 1 aliphatic carbocycles. The van der Waals surface area contributed by atoms with Gasteiger partial charge in [0, 0.05) is 0 Å². The summed E-state index contributed by atoms with van der Waals surface area (Å²) in [5.74, 6) is 1.05. The lowest BCUT2D eigenvalue weighted by Gasteiger charge is -2.30. The van der Waals surface area contributed by atoms with Gasteiger partial charge in [-0.15, -0.1) is 0 Å². The van der Waals surface area contributed by atoms with Gasteiger partial charge >= 0.3 is 6.61 Å². The third-order valence-corrected chi connectivity index (χ3v) is 4.77. The maximum atomic E-state index is 12.7. The lowest BCUT2D eigenvalue weighted by atomic mass is 9.87. The number of fused-ring (bicyclic) bond motifs is 2. The minimum absolute atomic E-state index is 0.136. The molecule has 1 amide bonds. The van der Waals surface area contributed by atoms with Gasteiger partial charge in [-0.3, -0.25) is 4.79 Å². The van der Waals surface area contributed by atoms with E-state index in [1.165, 1.54) is 6.07 Å². The molecule has 0 unspecified atom stereocenters. The Hall–Kier alpha value is -2.83. The smallest absolute Gasteiger partial charge is 0.387 e. The van der Waals surface area contributed by atoms with Crippen molar-refractivity contribution < 1.29 is 27.8 Å². The highest BCUT2D eigenvalue weighted by Gasteiger charge is 2.30. The van der Waals surface area contributed by atoms with Gasteiger partial charge in [0.05, 0.1) is 6.04 Å². The van der Waals surface area contributed by atoms with Crippen LogP contribution < -0.4 is 19.5 Å². The number of nitrogens with one attached hydrogen (secondary N) is 1. The summed E-state index contributed by atoms with van der Waals surface area (Å²) in [7, 11) is 0. The van der Waals surface area contributed by atoms with Crippen molar-refractivity contribution in [2.45, 2.75) is 38.0 Å². The summed E-state index contributed by atoms with van der Waals surface area (Å²) in [6, 6.07) is 11.9. The molecule has 1 aliphatic heterocycles. The van der Waals surface area contributed by atoms with Gasteiger partial charge in [-0.25, -0.2) is 0 Å². The summed E-state index contributed by atoms with van der Waals surface area (Å²) >= 11 is 0. The Bertz CT molecular complexity index is 842. The van der Waals surface area contributed by atoms with Gasteiger partial charge in [0.1, 0.15) is 12.4 Å². The molecule has 2 atom stereocenters. The van der Waals surface area contributed by atoms with Crippen LogP contribution in [-0.2, 0) is 11.2 Å². The van der Waals surface area contributed by atoms with Crippen LogP contribution in [0.4, 0.5) is 8.78 Å². The maximum absolute atomic E-state index is 12.7. The van der Waals surface area contributed by atoms with E-state index in [4.69, 9.17) is 9.47 Å². The molecule has 1 heterocycles. The number of alkyl halides is 2. The van der Waals surface area contributed by atoms with Crippen molar-refractivity contribution in [3.63, 3.8) is 0 Å². The Kier molecular flexibility index (Phi) is 4.83. The number of ether oxygens (including phenoxy) is 3. The third-order valence-electron chi connectivity index (χ3n) is 4.77. The van der Waals surface area contributed by atoms with Crippen molar-refractivity contribution in [3.05, 3.63) is 53.6 Å². The Balaban J connectivity index is 1.45. The lowest BCUT2D eigenvalue weighted by molar-refractivity contribution is -0.131. The van der Waals surface area contributed by atoms with Crippen LogP contribution >= 0.6 is 0 Å². The monoisotopic (exact) mass is 375 g/mol. The van der Waals surface area contributed by atoms with E-state index < -0.39 is 12.7 Å². The zero-order valence-electron chi connectivity index (χ0n) is 14.5. The van der Waals surface area contributed by atoms with Crippen molar-refractivity contribution in [2.24, 2.45) is 0 Å². The maximum Gasteiger partial charge on any atom is 0.387 e. The van der Waals surface area contributed by atoms with Gasteiger partial charge < -0.3 is 19.5 Å². The minimum Gasteiger partial charge on any atom is -0.485 e. The van der Waals surface area contributed by atoms with Gasteiger partial charge in [0.25, 0.3) is 5.91 Å². The van der Waals surface area contributed by atoms with Gasteiger partial charge in [-0.2, -0.15) is 8.78 Å². The van der Waals surface area contributed by atoms with Crippen LogP contribution in [0.5, 0.6) is 17.2 Å². The van der Waals surface area contributed by atoms with Crippen LogP contribution in [0.25, 0.3) is 0 Å². The van der Waals surface area contributed by atoms with E-state index in [9.17, 15) is 13.6 Å². The van der Waals surface area contributed by atoms with E-state index in [0.29, 0.717) is 11.5 Å². The Morgan fingerprint density at radius 3 is 2.81 bits per heavy atom. The fourth-order valence-electron chi connectivity index (χ4n) is 3.53. The summed E-state index contributed by atoms with van der Waals surface area (Å²) in [6.45, 7) is -2.71. The molecule has 0 saturated heterocycles. The van der Waals surface area contributed by atoms with Gasteiger partial charge in [0.2, 0.25) is 6.10 Å². The normalized spacial score (nSPS) is 20.7. The lowest BCUT2D eigenvalue weighted by Crippen LogP contribution is -2.45. The van der Waals surface area contributed by atoms with Crippen molar-refractivity contribution in [1.82, 2.24) is 5.32 Å². The molecule has 4 rings (SSSR count). The summed E-state index contributed by atoms with van der Waals surface area (Å²) in [5.41, 5.74) is 1.84. The van der Waals surface area contributed by atoms with Crippen LogP contribution in [0.15, 0.2) is 42.5 Å². The van der Waals surface area contributed by atoms with E-state index in [-0.39, 0.29) is 24.3 Å². The molecule has 0 saturated carbocycles. The molecule has 0 aromatic heterocycles. The number of amides is 1. The molecule has 27 heavy (non-hydrogen) atoms. The second kappa shape index (κ2) is 7.42. The third kappa shape index (κ3) is 3.82. The quantitative estimate of drug-likeness (QED) is 0.887. The van der Waals surface area contributed by atoms with E-state index in [0.717, 1.165) is 30.4 Å². The molecule has 0 spiro atoms. The molecule has 2 aromatic rings. The Morgan fingerprint density at radius 2 is 2.00 bits per heavy atom. The highest BCUT2D eigenvalue weighted by molar-refractivity contribution is 5.82. The predicted octanol–water partition coefficient (Wildman–Crippen LogP) is 3.62. The average molecular weight is 375 g/mol. The van der Waals surface area contributed by atoms with Gasteiger partial charge in [-0.1, -0.05) is 18.2 Å². The first-order valence-corrected chi connectivity index (χ1v) is 8.86. The number of carbonyl (C=O) groups excluding carboxylic acids is 1. The van der Waals surface area contributed by atoms with E-state index >= 15 is 0 Å². The Labute approximate surface area is 155 Å². The predicted molar refractivity (Wildman–Crippen MR) is 93.2 cm³/mol. The zero-order valence-corrected chi connectivity index (χ0v) is 14.5. The summed E-state index contributed by atoms with van der Waals surface area (Å²) in [5, 5.41) is 3.00. The first kappa shape index (κ1) is 17.6. The van der Waals surface area contributed by atoms with Gasteiger partial charge in [0.15, 0.2) is 11.5 Å². The molecule has 0 fully saturated rings. The SMILES string of the molecule is O=C(N[C@H]1CCCc2cc(OC(F)F)ccc21)[C@@H]1COc2ccccc2O1. The second-order valence-electron chi connectivity index (χ2n) is 6.56. The van der Waals surface area contributed by atoms with Crippen LogP contribution in [-0.4, -0.2) is 25.2 Å². The Morgan fingerprint density at radius 1 is 1.19 bits per heavy atom. The molecule has 5 nitrogen and oxygen atoms in total. The number of hydrogen-bond acceptors (Lipinski definition) is 4. The van der Waals surface area contributed by atoms with E-state index in [1.807, 2.05) is 12.1 Å². The number of hydrogen-bond donors (Lipinski definition) is 1. The highest BCUT2D eigenvalue weighted by atomic mass is 19.3. The number of aryl methyl sites for hydroxylation is 1. The second-order valence-corrected chi connectivity index (χ2v) is 6.56. The number of rotatable bonds is 4. The number of para-hydroxylation sites is 2. The van der Waals surface area contributed by atoms with Crippen molar-refractivity contribution in [3.8, 4) is 17.2 Å². The standard InChI is InChI=1S/C20H19F2NO4/c21-20(22)26-13-8-9-14-12(10-13)4-3-5-15(14)23-19(24)18-11-25-16-6-1-2-7-17(16)27-18/h1-2,6-10,15,18,20H,3-5,11H2,(H,23,24)/t15-,18-/m0/s1. The minimum atomic E-state index is -2.85. The largest absolute Gasteiger partial charge is 0.485 e. The molecule has 2 aromatic carbocycles. The molecule has 0 radical (unpaired) electrons. The van der Waals surface area contributed by atoms with Crippen molar-refractivity contribution in [2.75, 3.05) is 6.61 Å². The van der Waals surface area contributed by atoms with E-state index in [1.54, 1.807) is 24.3 Å². The van der Waals surface area contributed by atoms with Crippen LogP contribution in [0, 0.1) is 0 Å². The first-order valence-electron chi connectivity index (χ1n) is 8.86. The van der Waals surface area contributed by atoms with E-state index in [2.05, 4.69) is 10.1 Å². The number of benzene rings is 2. The summed E-state index contributed by atoms with van der Waals surface area (Å²) in [6.07, 6.45) is 1.66. The average Bonchev–Trinajstić information content (AvgIpc) is 2.67. The summed E-state index contributed by atoms with van der Waals surface area (Å²) in [4.78, 5) is 12.7. The fraction of sp³-hybridized carbons (Fsp3) is 0.350. The molecule has 7 heteroatoms. The molecular weight excluding hydrogens is 356 g/mol. The van der Waals surface area contributed by atoms with Crippen molar-refractivity contribution in [1.29, 1.82) is 0 Å². The summed E-state index contributed by atoms with van der Waals surface area (Å²) < 4.78 is 40.6. The molecule has 2 aliphatic rings. The number of halogens is 2. The van der Waals surface area contributed by atoms with Crippen LogP contribution in [0.2, 0.25) is 0 Å². The van der Waals surface area contributed by atoms with Crippen LogP contribution in [0.3, 0.4) is 0 Å². The first-order chi connectivity index (χ1) is 13.1. The van der Waals surface area contributed by atoms with Crippen LogP contribution in [0.1, 0.15) is 30.0 Å². The molecule has 0 bridgehead atoms.